The Morgan fingerprint density at radius 1 is 1.26 bits per heavy atom. The Hall–Kier alpha value is -2.76. The van der Waals surface area contributed by atoms with Gasteiger partial charge in [0.15, 0.2) is 5.65 Å². The number of fused-ring (bicyclic) bond motifs is 1. The lowest BCUT2D eigenvalue weighted by Gasteiger charge is -2.04. The SMILES string of the molecule is O=C(Nc1cnc2nc[nH]c2c1)c1cccc(F)c1. The van der Waals surface area contributed by atoms with Gasteiger partial charge in [0.2, 0.25) is 0 Å². The van der Waals surface area contributed by atoms with Crippen LogP contribution in [0.4, 0.5) is 10.1 Å². The van der Waals surface area contributed by atoms with Crippen LogP contribution in [-0.4, -0.2) is 20.9 Å². The molecule has 0 radical (unpaired) electrons. The van der Waals surface area contributed by atoms with Crippen LogP contribution >= 0.6 is 0 Å². The number of aromatic amines is 1. The van der Waals surface area contributed by atoms with Crippen LogP contribution in [0.5, 0.6) is 0 Å². The number of carbonyl (C=O) groups excluding carboxylic acids is 1. The minimum absolute atomic E-state index is 0.254. The van der Waals surface area contributed by atoms with Crippen molar-refractivity contribution in [1.29, 1.82) is 0 Å². The Morgan fingerprint density at radius 2 is 2.16 bits per heavy atom. The number of anilines is 1. The number of H-pyrrole nitrogens is 1. The third kappa shape index (κ3) is 2.28. The van der Waals surface area contributed by atoms with E-state index in [1.165, 1.54) is 30.7 Å². The second-order valence-electron chi connectivity index (χ2n) is 3.96. The van der Waals surface area contributed by atoms with Gasteiger partial charge in [-0.05, 0) is 24.3 Å². The number of nitrogens with zero attached hydrogens (tertiary/aromatic N) is 2. The van der Waals surface area contributed by atoms with E-state index < -0.39 is 5.82 Å². The Kier molecular flexibility index (Phi) is 2.68. The van der Waals surface area contributed by atoms with Gasteiger partial charge in [0.05, 0.1) is 23.7 Å². The quantitative estimate of drug-likeness (QED) is 0.739. The molecule has 0 aliphatic rings. The summed E-state index contributed by atoms with van der Waals surface area (Å²) in [4.78, 5) is 22.9. The third-order valence-corrected chi connectivity index (χ3v) is 2.62. The summed E-state index contributed by atoms with van der Waals surface area (Å²) in [6, 6.07) is 7.21. The number of hydrogen-bond acceptors (Lipinski definition) is 3. The van der Waals surface area contributed by atoms with E-state index in [9.17, 15) is 9.18 Å². The number of benzene rings is 1. The average Bonchev–Trinajstić information content (AvgIpc) is 2.86. The molecule has 1 amide bonds. The van der Waals surface area contributed by atoms with E-state index in [0.29, 0.717) is 11.3 Å². The molecule has 94 valence electrons. The van der Waals surface area contributed by atoms with Crippen molar-refractivity contribution >= 4 is 22.8 Å². The highest BCUT2D eigenvalue weighted by atomic mass is 19.1. The predicted octanol–water partition coefficient (Wildman–Crippen LogP) is 2.35. The van der Waals surface area contributed by atoms with Crippen LogP contribution in [0.3, 0.4) is 0 Å². The summed E-state index contributed by atoms with van der Waals surface area (Å²) in [6.45, 7) is 0. The van der Waals surface area contributed by atoms with Crippen LogP contribution in [-0.2, 0) is 0 Å². The van der Waals surface area contributed by atoms with Crippen LogP contribution in [0, 0.1) is 5.82 Å². The lowest BCUT2D eigenvalue weighted by atomic mass is 10.2. The first-order valence-corrected chi connectivity index (χ1v) is 5.58. The van der Waals surface area contributed by atoms with Crippen molar-refractivity contribution in [1.82, 2.24) is 15.0 Å². The molecule has 2 heterocycles. The molecule has 2 N–H and O–H groups in total. The van der Waals surface area contributed by atoms with Crippen LogP contribution in [0.1, 0.15) is 10.4 Å². The molecule has 19 heavy (non-hydrogen) atoms. The molecule has 0 saturated carbocycles. The minimum Gasteiger partial charge on any atom is -0.343 e. The molecule has 0 bridgehead atoms. The van der Waals surface area contributed by atoms with E-state index in [-0.39, 0.29) is 11.5 Å². The largest absolute Gasteiger partial charge is 0.343 e. The van der Waals surface area contributed by atoms with Crippen LogP contribution in [0.25, 0.3) is 11.2 Å². The molecular formula is C13H9FN4O. The van der Waals surface area contributed by atoms with Crippen LogP contribution in [0.2, 0.25) is 0 Å². The zero-order chi connectivity index (χ0) is 13.2. The normalized spacial score (nSPS) is 10.6. The maximum absolute atomic E-state index is 13.0. The van der Waals surface area contributed by atoms with E-state index >= 15 is 0 Å². The zero-order valence-corrected chi connectivity index (χ0v) is 9.72. The highest BCUT2D eigenvalue weighted by Gasteiger charge is 2.08. The number of carbonyl (C=O) groups is 1. The molecule has 3 rings (SSSR count). The summed E-state index contributed by atoms with van der Waals surface area (Å²) in [5.41, 5.74) is 2.07. The Balaban J connectivity index is 1.86. The predicted molar refractivity (Wildman–Crippen MR) is 68.2 cm³/mol. The first-order chi connectivity index (χ1) is 9.22. The van der Waals surface area contributed by atoms with Crippen molar-refractivity contribution in [2.24, 2.45) is 0 Å². The molecule has 0 spiro atoms. The molecule has 0 unspecified atom stereocenters. The summed E-state index contributed by atoms with van der Waals surface area (Å²) >= 11 is 0. The summed E-state index contributed by atoms with van der Waals surface area (Å²) in [7, 11) is 0. The molecule has 0 fully saturated rings. The van der Waals surface area contributed by atoms with E-state index in [4.69, 9.17) is 0 Å². The van der Waals surface area contributed by atoms with Crippen molar-refractivity contribution in [3.8, 4) is 0 Å². The molecule has 3 aromatic rings. The Morgan fingerprint density at radius 3 is 3.00 bits per heavy atom. The second kappa shape index (κ2) is 4.49. The van der Waals surface area contributed by atoms with Gasteiger partial charge in [-0.2, -0.15) is 0 Å². The van der Waals surface area contributed by atoms with Gasteiger partial charge in [-0.3, -0.25) is 4.79 Å². The van der Waals surface area contributed by atoms with Gasteiger partial charge in [0, 0.05) is 5.56 Å². The number of nitrogens with one attached hydrogen (secondary N) is 2. The number of imidazole rings is 1. The number of pyridine rings is 1. The monoisotopic (exact) mass is 256 g/mol. The Labute approximate surface area is 107 Å². The molecule has 0 aliphatic carbocycles. The number of halogens is 1. The molecule has 0 atom stereocenters. The molecule has 0 aliphatic heterocycles. The topological polar surface area (TPSA) is 70.7 Å². The van der Waals surface area contributed by atoms with Gasteiger partial charge in [0.25, 0.3) is 5.91 Å². The maximum Gasteiger partial charge on any atom is 0.255 e. The van der Waals surface area contributed by atoms with Crippen LogP contribution in [0.15, 0.2) is 42.9 Å². The fourth-order valence-corrected chi connectivity index (χ4v) is 1.73. The number of aromatic nitrogens is 3. The summed E-state index contributed by atoms with van der Waals surface area (Å²) in [5.74, 6) is -0.838. The van der Waals surface area contributed by atoms with E-state index in [0.717, 1.165) is 5.52 Å². The first-order valence-electron chi connectivity index (χ1n) is 5.58. The summed E-state index contributed by atoms with van der Waals surface area (Å²) in [5, 5.41) is 2.65. The van der Waals surface area contributed by atoms with Gasteiger partial charge in [-0.15, -0.1) is 0 Å². The van der Waals surface area contributed by atoms with E-state index in [1.54, 1.807) is 12.1 Å². The lowest BCUT2D eigenvalue weighted by molar-refractivity contribution is 0.102. The average molecular weight is 256 g/mol. The van der Waals surface area contributed by atoms with Gasteiger partial charge in [0.1, 0.15) is 5.82 Å². The van der Waals surface area contributed by atoms with E-state index in [1.807, 2.05) is 0 Å². The molecular weight excluding hydrogens is 247 g/mol. The second-order valence-corrected chi connectivity index (χ2v) is 3.96. The van der Waals surface area contributed by atoms with Crippen molar-refractivity contribution in [3.63, 3.8) is 0 Å². The number of hydrogen-bond donors (Lipinski definition) is 2. The summed E-state index contributed by atoms with van der Waals surface area (Å²) in [6.07, 6.45) is 3.02. The fourth-order valence-electron chi connectivity index (χ4n) is 1.73. The van der Waals surface area contributed by atoms with Gasteiger partial charge in [-0.1, -0.05) is 6.07 Å². The van der Waals surface area contributed by atoms with Gasteiger partial charge in [-0.25, -0.2) is 14.4 Å². The minimum atomic E-state index is -0.449. The third-order valence-electron chi connectivity index (χ3n) is 2.62. The lowest BCUT2D eigenvalue weighted by Crippen LogP contribution is -2.12. The molecule has 6 heteroatoms. The van der Waals surface area contributed by atoms with Crippen LogP contribution < -0.4 is 5.32 Å². The number of rotatable bonds is 2. The molecule has 2 aromatic heterocycles. The highest BCUT2D eigenvalue weighted by molar-refractivity contribution is 6.04. The van der Waals surface area contributed by atoms with Crippen molar-refractivity contribution < 1.29 is 9.18 Å². The van der Waals surface area contributed by atoms with Gasteiger partial charge < -0.3 is 10.3 Å². The van der Waals surface area contributed by atoms with E-state index in [2.05, 4.69) is 20.3 Å². The van der Waals surface area contributed by atoms with Crippen molar-refractivity contribution in [2.75, 3.05) is 5.32 Å². The summed E-state index contributed by atoms with van der Waals surface area (Å²) < 4.78 is 13.0. The van der Waals surface area contributed by atoms with Crippen molar-refractivity contribution in [2.45, 2.75) is 0 Å². The molecule has 0 saturated heterocycles. The molecule has 1 aromatic carbocycles. The van der Waals surface area contributed by atoms with Crippen molar-refractivity contribution in [3.05, 3.63) is 54.2 Å². The smallest absolute Gasteiger partial charge is 0.255 e. The fraction of sp³-hybridized carbons (Fsp3) is 0. The molecule has 5 nitrogen and oxygen atoms in total. The first kappa shape index (κ1) is 11.3. The zero-order valence-electron chi connectivity index (χ0n) is 9.72. The highest BCUT2D eigenvalue weighted by Crippen LogP contribution is 2.14. The Bertz CT molecular complexity index is 753. The maximum atomic E-state index is 13.0. The standard InChI is InChI=1S/C13H9FN4O/c14-9-3-1-2-8(4-9)13(19)18-10-5-11-12(15-6-10)17-7-16-11/h1-7H,(H,18,19)(H,15,16,17). The van der Waals surface area contributed by atoms with Gasteiger partial charge >= 0.3 is 0 Å². The number of amides is 1.